The summed E-state index contributed by atoms with van der Waals surface area (Å²) in [4.78, 5) is 0. The molecule has 2 spiro atoms. The Labute approximate surface area is 232 Å². The average molecular weight is 532 g/mol. The van der Waals surface area contributed by atoms with Gasteiger partial charge in [-0.2, -0.15) is 0 Å². The number of aliphatic hydroxyl groups excluding tert-OH is 1. The van der Waals surface area contributed by atoms with E-state index in [1.54, 1.807) is 0 Å². The summed E-state index contributed by atoms with van der Waals surface area (Å²) in [6, 6.07) is 0. The Morgan fingerprint density at radius 1 is 1.08 bits per heavy atom. The van der Waals surface area contributed by atoms with E-state index in [-0.39, 0.29) is 34.7 Å². The van der Waals surface area contributed by atoms with Gasteiger partial charge in [0.2, 0.25) is 0 Å². The van der Waals surface area contributed by atoms with Crippen LogP contribution in [0.15, 0.2) is 0 Å². The van der Waals surface area contributed by atoms with E-state index in [2.05, 4.69) is 46.9 Å². The monoisotopic (exact) mass is 531 g/mol. The highest BCUT2D eigenvalue weighted by molar-refractivity contribution is 5.35. The summed E-state index contributed by atoms with van der Waals surface area (Å²) in [5.41, 5.74) is 0.0880. The van der Waals surface area contributed by atoms with Crippen molar-refractivity contribution in [2.75, 3.05) is 13.2 Å². The second kappa shape index (κ2) is 8.21. The predicted molar refractivity (Wildman–Crippen MR) is 151 cm³/mol. The van der Waals surface area contributed by atoms with Crippen LogP contribution in [-0.4, -0.2) is 58.9 Å². The molecule has 38 heavy (non-hydrogen) atoms. The molecule has 4 aliphatic carbocycles. The van der Waals surface area contributed by atoms with Crippen molar-refractivity contribution in [1.29, 1.82) is 0 Å². The van der Waals surface area contributed by atoms with Crippen LogP contribution in [0.5, 0.6) is 0 Å². The van der Waals surface area contributed by atoms with Gasteiger partial charge in [-0.1, -0.05) is 27.7 Å². The second-order valence-electron chi connectivity index (χ2n) is 16.5. The number of rotatable bonds is 4. The second-order valence-corrected chi connectivity index (χ2v) is 16.5. The molecule has 5 heteroatoms. The molecule has 2 saturated heterocycles. The molecule has 0 radical (unpaired) electrons. The SMILES string of the molecule is CCO[C@@H]([C@H]1C[C@@H](C)[C@H]2[C@H](O1)[C@H](O)[C@@]1(C)[C@@H]3CC[C@@]4(C)C(C)(C)NCCCC45C[C@@]35CC[C@]21C)C(C)(C)O. The van der Waals surface area contributed by atoms with Crippen molar-refractivity contribution < 1.29 is 19.7 Å². The molecule has 218 valence electrons. The van der Waals surface area contributed by atoms with Crippen LogP contribution in [0.2, 0.25) is 0 Å². The van der Waals surface area contributed by atoms with E-state index in [0.29, 0.717) is 40.6 Å². The van der Waals surface area contributed by atoms with Gasteiger partial charge in [0.1, 0.15) is 6.10 Å². The van der Waals surface area contributed by atoms with Crippen molar-refractivity contribution in [2.24, 2.45) is 44.8 Å². The normalized spacial score (nSPS) is 56.0. The number of hydrogen-bond donors (Lipinski definition) is 3. The minimum absolute atomic E-state index is 0.0588. The summed E-state index contributed by atoms with van der Waals surface area (Å²) in [6.45, 7) is 22.2. The summed E-state index contributed by atoms with van der Waals surface area (Å²) < 4.78 is 13.0. The zero-order valence-electron chi connectivity index (χ0n) is 25.8. The molecule has 4 saturated carbocycles. The van der Waals surface area contributed by atoms with Crippen molar-refractivity contribution >= 4 is 0 Å². The van der Waals surface area contributed by atoms with Crippen LogP contribution in [0.25, 0.3) is 0 Å². The Kier molecular flexibility index (Phi) is 6.04. The lowest BCUT2D eigenvalue weighted by Gasteiger charge is -2.64. The van der Waals surface area contributed by atoms with Gasteiger partial charge >= 0.3 is 0 Å². The summed E-state index contributed by atoms with van der Waals surface area (Å²) in [7, 11) is 0. The molecule has 3 N–H and O–H groups in total. The molecule has 0 bridgehead atoms. The van der Waals surface area contributed by atoms with Crippen LogP contribution < -0.4 is 5.32 Å². The molecule has 0 aromatic rings. The van der Waals surface area contributed by atoms with Gasteiger partial charge in [0.05, 0.1) is 23.9 Å². The third-order valence-electron chi connectivity index (χ3n) is 14.8. The van der Waals surface area contributed by atoms with E-state index in [9.17, 15) is 10.2 Å². The minimum Gasteiger partial charge on any atom is -0.390 e. The molecule has 0 aromatic heterocycles. The molecule has 6 fully saturated rings. The smallest absolute Gasteiger partial charge is 0.112 e. The van der Waals surface area contributed by atoms with Crippen LogP contribution in [0.1, 0.15) is 114 Å². The van der Waals surface area contributed by atoms with E-state index < -0.39 is 11.7 Å². The van der Waals surface area contributed by atoms with Gasteiger partial charge in [-0.3, -0.25) is 0 Å². The van der Waals surface area contributed by atoms with E-state index in [1.165, 1.54) is 44.9 Å². The first-order chi connectivity index (χ1) is 17.6. The van der Waals surface area contributed by atoms with Crippen LogP contribution >= 0.6 is 0 Å². The Bertz CT molecular complexity index is 961. The molecule has 6 rings (SSSR count). The molecule has 5 nitrogen and oxygen atoms in total. The topological polar surface area (TPSA) is 71.0 Å². The number of aliphatic hydroxyl groups is 2. The first-order valence-corrected chi connectivity index (χ1v) is 16.0. The maximum absolute atomic E-state index is 12.4. The van der Waals surface area contributed by atoms with E-state index in [4.69, 9.17) is 9.47 Å². The Morgan fingerprint density at radius 2 is 1.79 bits per heavy atom. The third-order valence-corrected chi connectivity index (χ3v) is 14.8. The summed E-state index contributed by atoms with van der Waals surface area (Å²) in [6.07, 6.45) is 8.56. The molecule has 12 atom stereocenters. The molecular formula is C33H57NO4. The highest BCUT2D eigenvalue weighted by atomic mass is 16.6. The van der Waals surface area contributed by atoms with Gasteiger partial charge in [0.25, 0.3) is 0 Å². The lowest BCUT2D eigenvalue weighted by molar-refractivity contribution is -0.215. The number of fused-ring (bicyclic) bond motifs is 4. The summed E-state index contributed by atoms with van der Waals surface area (Å²) in [5, 5.41) is 27.4. The van der Waals surface area contributed by atoms with Crippen LogP contribution in [0, 0.1) is 44.8 Å². The number of nitrogens with one attached hydrogen (secondary N) is 1. The average Bonchev–Trinajstić information content (AvgIpc) is 3.48. The molecule has 1 unspecified atom stereocenters. The molecule has 6 aliphatic rings. The molecule has 2 heterocycles. The van der Waals surface area contributed by atoms with Crippen molar-refractivity contribution in [2.45, 2.75) is 149 Å². The quantitative estimate of drug-likeness (QED) is 0.434. The summed E-state index contributed by atoms with van der Waals surface area (Å²) >= 11 is 0. The van der Waals surface area contributed by atoms with E-state index in [1.807, 2.05) is 20.8 Å². The first kappa shape index (κ1) is 27.9. The van der Waals surface area contributed by atoms with Crippen LogP contribution in [-0.2, 0) is 9.47 Å². The van der Waals surface area contributed by atoms with Crippen molar-refractivity contribution in [3.05, 3.63) is 0 Å². The van der Waals surface area contributed by atoms with Gasteiger partial charge in [0, 0.05) is 17.6 Å². The highest BCUT2D eigenvalue weighted by Gasteiger charge is 2.86. The van der Waals surface area contributed by atoms with Gasteiger partial charge in [-0.15, -0.1) is 0 Å². The highest BCUT2D eigenvalue weighted by Crippen LogP contribution is 2.90. The molecule has 0 aromatic carbocycles. The van der Waals surface area contributed by atoms with Gasteiger partial charge in [-0.05, 0) is 132 Å². The Hall–Kier alpha value is -0.200. The maximum Gasteiger partial charge on any atom is 0.112 e. The molecule has 2 aliphatic heterocycles. The fourth-order valence-corrected chi connectivity index (χ4v) is 12.7. The van der Waals surface area contributed by atoms with Crippen LogP contribution in [0.3, 0.4) is 0 Å². The molecule has 0 amide bonds. The third kappa shape index (κ3) is 3.07. The zero-order chi connectivity index (χ0) is 27.7. The predicted octanol–water partition coefficient (Wildman–Crippen LogP) is 5.71. The minimum atomic E-state index is -0.990. The first-order valence-electron chi connectivity index (χ1n) is 16.0. The standard InChI is InChI=1S/C33H57NO4/c1-10-37-26(27(3,4)36)21-18-20(2)23-24(38-21)25(35)31(9)22-12-14-30(8)28(5,6)34-17-11-13-33(30)19-32(22,33)16-15-29(23,31)7/h20-26,34-36H,10-19H2,1-9H3/t20-,21-,22+,23+,24+,25+,26+,29-,30+,31-,32+,33?/m1/s1. The fraction of sp³-hybridized carbons (Fsp3) is 1.00. The van der Waals surface area contributed by atoms with Crippen molar-refractivity contribution in [3.63, 3.8) is 0 Å². The summed E-state index contributed by atoms with van der Waals surface area (Å²) in [5.74, 6) is 1.31. The van der Waals surface area contributed by atoms with E-state index in [0.717, 1.165) is 13.0 Å². The largest absolute Gasteiger partial charge is 0.390 e. The van der Waals surface area contributed by atoms with Crippen molar-refractivity contribution in [1.82, 2.24) is 5.32 Å². The van der Waals surface area contributed by atoms with Crippen LogP contribution in [0.4, 0.5) is 0 Å². The van der Waals surface area contributed by atoms with Gasteiger partial charge < -0.3 is 25.0 Å². The fourth-order valence-electron chi connectivity index (χ4n) is 12.7. The number of ether oxygens (including phenoxy) is 2. The molecular weight excluding hydrogens is 474 g/mol. The maximum atomic E-state index is 12.4. The Balaban J connectivity index is 1.37. The Morgan fingerprint density at radius 3 is 2.45 bits per heavy atom. The van der Waals surface area contributed by atoms with E-state index >= 15 is 0 Å². The lowest BCUT2D eigenvalue weighted by Crippen LogP contribution is -2.63. The number of hydrogen-bond acceptors (Lipinski definition) is 5. The lowest BCUT2D eigenvalue weighted by atomic mass is 9.40. The van der Waals surface area contributed by atoms with Gasteiger partial charge in [0.15, 0.2) is 0 Å². The van der Waals surface area contributed by atoms with Gasteiger partial charge in [-0.25, -0.2) is 0 Å². The zero-order valence-corrected chi connectivity index (χ0v) is 25.8. The van der Waals surface area contributed by atoms with Crippen molar-refractivity contribution in [3.8, 4) is 0 Å².